The summed E-state index contributed by atoms with van der Waals surface area (Å²) in [7, 11) is -8.05. The van der Waals surface area contributed by atoms with Crippen LogP contribution in [0.1, 0.15) is 42.7 Å². The molecule has 10 heteroatoms. The fourth-order valence-electron chi connectivity index (χ4n) is 3.61. The second kappa shape index (κ2) is 10.8. The molecule has 0 spiro atoms. The van der Waals surface area contributed by atoms with Crippen LogP contribution in [0.2, 0.25) is 0 Å². The number of sulfone groups is 2. The van der Waals surface area contributed by atoms with Gasteiger partial charge in [-0.25, -0.2) is 22.3 Å². The van der Waals surface area contributed by atoms with Crippen LogP contribution in [0, 0.1) is 0 Å². The summed E-state index contributed by atoms with van der Waals surface area (Å²) in [4.78, 5) is 12.3. The van der Waals surface area contributed by atoms with Crippen molar-refractivity contribution >= 4 is 43.4 Å². The van der Waals surface area contributed by atoms with Gasteiger partial charge in [-0.1, -0.05) is 56.3 Å². The van der Waals surface area contributed by atoms with Gasteiger partial charge in [0.15, 0.2) is 19.7 Å². The minimum Gasteiger partial charge on any atom is -0.310 e. The highest BCUT2D eigenvalue weighted by Gasteiger charge is 2.36. The Kier molecular flexibility index (Phi) is 8.06. The number of amides is 1. The fraction of sp³-hybridized carbons (Fsp3) is 0.250. The maximum atomic E-state index is 13.2. The van der Waals surface area contributed by atoms with Crippen molar-refractivity contribution in [2.45, 2.75) is 36.5 Å². The van der Waals surface area contributed by atoms with Gasteiger partial charge >= 0.3 is 0 Å². The zero-order valence-corrected chi connectivity index (χ0v) is 20.6. The molecule has 2 aromatic heterocycles. The van der Waals surface area contributed by atoms with Gasteiger partial charge < -0.3 is 4.40 Å². The lowest BCUT2D eigenvalue weighted by Crippen LogP contribution is -2.23. The van der Waals surface area contributed by atoms with E-state index < -0.39 is 30.5 Å². The lowest BCUT2D eigenvalue weighted by molar-refractivity contribution is 0.0945. The molecule has 0 aliphatic rings. The van der Waals surface area contributed by atoms with E-state index in [-0.39, 0.29) is 34.0 Å². The van der Waals surface area contributed by atoms with Crippen molar-refractivity contribution in [1.82, 2.24) is 9.83 Å². The number of hydrogen-bond acceptors (Lipinski definition) is 6. The summed E-state index contributed by atoms with van der Waals surface area (Å²) >= 11 is 0. The molecule has 3 rings (SSSR count). The summed E-state index contributed by atoms with van der Waals surface area (Å²) in [5.74, 6) is -1.35. The first-order valence-corrected chi connectivity index (χ1v) is 14.2. The highest BCUT2D eigenvalue weighted by Crippen LogP contribution is 2.34. The first kappa shape index (κ1) is 25.4. The fourth-order valence-corrected chi connectivity index (χ4v) is 7.59. The Hall–Kier alpha value is -3.24. The van der Waals surface area contributed by atoms with Gasteiger partial charge in [-0.3, -0.25) is 4.79 Å². The molecule has 0 atom stereocenters. The minimum absolute atomic E-state index is 0.142. The Balaban J connectivity index is 2.10. The molecule has 0 bridgehead atoms. The first-order chi connectivity index (χ1) is 16.2. The molecule has 0 radical (unpaired) electrons. The number of hydrogen-bond donors (Lipinski definition) is 1. The molecule has 0 saturated carbocycles. The van der Waals surface area contributed by atoms with Crippen LogP contribution in [-0.2, 0) is 19.7 Å². The zero-order valence-electron chi connectivity index (χ0n) is 19.0. The molecule has 1 N–H and O–H groups in total. The average Bonchev–Trinajstić information content (AvgIpc) is 3.17. The molecule has 0 unspecified atom stereocenters. The largest absolute Gasteiger partial charge is 0.310 e. The molecule has 1 amide bonds. The topological polar surface area (TPSA) is 114 Å². The van der Waals surface area contributed by atoms with Crippen LogP contribution in [0.4, 0.5) is 0 Å². The average molecular weight is 502 g/mol. The smallest absolute Gasteiger partial charge is 0.289 e. The molecule has 3 aromatic rings. The zero-order chi connectivity index (χ0) is 24.8. The molecule has 0 fully saturated rings. The van der Waals surface area contributed by atoms with Gasteiger partial charge in [0.05, 0.1) is 17.0 Å². The minimum atomic E-state index is -4.08. The second-order valence-corrected chi connectivity index (χ2v) is 11.7. The Morgan fingerprint density at radius 2 is 1.53 bits per heavy atom. The molecule has 180 valence electrons. The third kappa shape index (κ3) is 5.45. The first-order valence-electron chi connectivity index (χ1n) is 10.9. The SMILES string of the molecule is CCCS(=O)(=O)c1c(S(=O)(=O)CCC)c2ccccn2c1C(=O)N/N=C/C=C/c1ccccc1. The number of nitrogens with one attached hydrogen (secondary N) is 1. The highest BCUT2D eigenvalue weighted by atomic mass is 32.2. The van der Waals surface area contributed by atoms with E-state index in [1.54, 1.807) is 38.1 Å². The van der Waals surface area contributed by atoms with Crippen LogP contribution in [0.25, 0.3) is 11.6 Å². The van der Waals surface area contributed by atoms with E-state index in [2.05, 4.69) is 10.5 Å². The Bertz CT molecular complexity index is 1440. The Labute approximate surface area is 199 Å². The number of fused-ring (bicyclic) bond motifs is 1. The van der Waals surface area contributed by atoms with Crippen LogP contribution in [0.15, 0.2) is 75.7 Å². The maximum absolute atomic E-state index is 13.2. The van der Waals surface area contributed by atoms with Crippen LogP contribution >= 0.6 is 0 Å². The van der Waals surface area contributed by atoms with E-state index in [9.17, 15) is 21.6 Å². The molecule has 0 aliphatic heterocycles. The molecule has 1 aromatic carbocycles. The molecule has 0 saturated heterocycles. The normalized spacial score (nSPS) is 12.6. The predicted octanol–water partition coefficient (Wildman–Crippen LogP) is 3.74. The van der Waals surface area contributed by atoms with E-state index in [1.807, 2.05) is 30.3 Å². The Morgan fingerprint density at radius 3 is 2.18 bits per heavy atom. The summed E-state index contributed by atoms with van der Waals surface area (Å²) in [6.07, 6.45) is 6.81. The molecular formula is C24H27N3O5S2. The predicted molar refractivity (Wildman–Crippen MR) is 134 cm³/mol. The van der Waals surface area contributed by atoms with E-state index in [0.29, 0.717) is 6.42 Å². The molecule has 8 nitrogen and oxygen atoms in total. The number of allylic oxidation sites excluding steroid dienone is 1. The van der Waals surface area contributed by atoms with Crippen LogP contribution in [-0.4, -0.2) is 44.9 Å². The van der Waals surface area contributed by atoms with E-state index in [1.165, 1.54) is 22.9 Å². The quantitative estimate of drug-likeness (QED) is 0.336. The van der Waals surface area contributed by atoms with Gasteiger partial charge in [-0.15, -0.1) is 0 Å². The van der Waals surface area contributed by atoms with E-state index in [0.717, 1.165) is 5.56 Å². The van der Waals surface area contributed by atoms with E-state index >= 15 is 0 Å². The van der Waals surface area contributed by atoms with Gasteiger partial charge in [-0.05, 0) is 36.6 Å². The lowest BCUT2D eigenvalue weighted by Gasteiger charge is -2.08. The van der Waals surface area contributed by atoms with Crippen molar-refractivity contribution < 1.29 is 21.6 Å². The van der Waals surface area contributed by atoms with Crippen molar-refractivity contribution in [3.63, 3.8) is 0 Å². The van der Waals surface area contributed by atoms with Gasteiger partial charge in [0.2, 0.25) is 0 Å². The van der Waals surface area contributed by atoms with Crippen molar-refractivity contribution in [1.29, 1.82) is 0 Å². The summed E-state index contributed by atoms with van der Waals surface area (Å²) < 4.78 is 54.0. The van der Waals surface area contributed by atoms with Crippen LogP contribution in [0.5, 0.6) is 0 Å². The second-order valence-electron chi connectivity index (χ2n) is 7.59. The van der Waals surface area contributed by atoms with Gasteiger partial charge in [0.1, 0.15) is 15.5 Å². The van der Waals surface area contributed by atoms with Gasteiger partial charge in [0.25, 0.3) is 5.91 Å². The summed E-state index contributed by atoms with van der Waals surface area (Å²) in [5.41, 5.74) is 3.14. The summed E-state index contributed by atoms with van der Waals surface area (Å²) in [6.45, 7) is 3.37. The van der Waals surface area contributed by atoms with Crippen LogP contribution in [0.3, 0.4) is 0 Å². The van der Waals surface area contributed by atoms with Gasteiger partial charge in [-0.2, -0.15) is 5.10 Å². The van der Waals surface area contributed by atoms with Crippen molar-refractivity contribution in [2.24, 2.45) is 5.10 Å². The summed E-state index contributed by atoms with van der Waals surface area (Å²) in [6, 6.07) is 14.2. The third-order valence-corrected chi connectivity index (χ3v) is 9.03. The number of hydrazone groups is 1. The number of benzene rings is 1. The number of carbonyl (C=O) groups is 1. The number of pyridine rings is 1. The lowest BCUT2D eigenvalue weighted by atomic mass is 10.2. The monoisotopic (exact) mass is 501 g/mol. The number of carbonyl (C=O) groups excluding carboxylic acids is 1. The Morgan fingerprint density at radius 1 is 0.912 bits per heavy atom. The van der Waals surface area contributed by atoms with E-state index in [4.69, 9.17) is 0 Å². The molecular weight excluding hydrogens is 474 g/mol. The molecule has 34 heavy (non-hydrogen) atoms. The highest BCUT2D eigenvalue weighted by molar-refractivity contribution is 7.94. The standard InChI is InChI=1S/C24H27N3O5S2/c1-3-17-33(29,30)22-20-14-8-9-16-27(20)21(23(22)34(31,32)18-4-2)24(28)26-25-15-10-13-19-11-6-5-7-12-19/h5-16H,3-4,17-18H2,1-2H3,(H,26,28)/b13-10+,25-15+. The van der Waals surface area contributed by atoms with Crippen molar-refractivity contribution in [3.8, 4) is 0 Å². The number of nitrogens with zero attached hydrogens (tertiary/aromatic N) is 2. The van der Waals surface area contributed by atoms with Gasteiger partial charge in [0, 0.05) is 12.4 Å². The van der Waals surface area contributed by atoms with Crippen molar-refractivity contribution in [3.05, 3.63) is 72.1 Å². The molecule has 0 aliphatic carbocycles. The molecule has 2 heterocycles. The number of rotatable bonds is 10. The summed E-state index contributed by atoms with van der Waals surface area (Å²) in [5, 5.41) is 3.88. The maximum Gasteiger partial charge on any atom is 0.289 e. The third-order valence-electron chi connectivity index (χ3n) is 4.95. The number of aromatic nitrogens is 1. The van der Waals surface area contributed by atoms with Crippen molar-refractivity contribution in [2.75, 3.05) is 11.5 Å². The van der Waals surface area contributed by atoms with Crippen LogP contribution < -0.4 is 5.43 Å².